The van der Waals surface area contributed by atoms with Crippen LogP contribution in [-0.4, -0.2) is 44.9 Å². The number of halogens is 1. The fraction of sp³-hybridized carbons (Fsp3) is 0.167. The average molecular weight is 475 g/mol. The van der Waals surface area contributed by atoms with Crippen LogP contribution < -0.4 is 4.90 Å². The zero-order valence-corrected chi connectivity index (χ0v) is 19.6. The van der Waals surface area contributed by atoms with Gasteiger partial charge in [0, 0.05) is 37.2 Å². The second kappa shape index (κ2) is 10.2. The maximum atomic E-state index is 6.55. The summed E-state index contributed by atoms with van der Waals surface area (Å²) in [6.07, 6.45) is 9.62. The van der Waals surface area contributed by atoms with Crippen LogP contribution in [0, 0.1) is 0 Å². The number of hydrogen-bond donors (Lipinski definition) is 0. The Balaban J connectivity index is 1.68. The van der Waals surface area contributed by atoms with E-state index in [0.717, 1.165) is 22.5 Å². The third kappa shape index (κ3) is 4.79. The Bertz CT molecular complexity index is 1340. The number of aliphatic imine (C=N–C) groups is 2. The zero-order chi connectivity index (χ0) is 24.1. The van der Waals surface area contributed by atoms with E-state index in [-0.39, 0.29) is 0 Å². The second-order valence-electron chi connectivity index (χ2n) is 7.40. The Morgan fingerprint density at radius 1 is 1.26 bits per heavy atom. The lowest BCUT2D eigenvalue weighted by Crippen LogP contribution is -2.21. The van der Waals surface area contributed by atoms with Gasteiger partial charge in [-0.2, -0.15) is 0 Å². The number of benzene rings is 1. The third-order valence-corrected chi connectivity index (χ3v) is 5.36. The summed E-state index contributed by atoms with van der Waals surface area (Å²) in [6.45, 7) is 9.56. The van der Waals surface area contributed by atoms with E-state index in [1.54, 1.807) is 12.4 Å². The first-order chi connectivity index (χ1) is 16.5. The van der Waals surface area contributed by atoms with E-state index in [1.807, 2.05) is 65.9 Å². The molecule has 0 saturated heterocycles. The van der Waals surface area contributed by atoms with Gasteiger partial charge in [-0.3, -0.25) is 14.6 Å². The van der Waals surface area contributed by atoms with E-state index in [9.17, 15) is 0 Å². The minimum Gasteiger partial charge on any atom is -0.419 e. The van der Waals surface area contributed by atoms with Gasteiger partial charge in [0.15, 0.2) is 5.82 Å². The first-order valence-corrected chi connectivity index (χ1v) is 10.8. The van der Waals surface area contributed by atoms with Gasteiger partial charge < -0.3 is 9.32 Å². The number of allylic oxidation sites excluding steroid dienone is 5. The van der Waals surface area contributed by atoms with Crippen molar-refractivity contribution in [2.24, 2.45) is 9.98 Å². The summed E-state index contributed by atoms with van der Waals surface area (Å²) in [5, 5.41) is 17.8. The maximum absolute atomic E-state index is 6.55. The molecule has 34 heavy (non-hydrogen) atoms. The van der Waals surface area contributed by atoms with Crippen molar-refractivity contribution in [1.29, 1.82) is 0 Å². The van der Waals surface area contributed by atoms with Crippen molar-refractivity contribution < 1.29 is 4.42 Å². The number of anilines is 1. The molecule has 10 heteroatoms. The van der Waals surface area contributed by atoms with Gasteiger partial charge in [0.2, 0.25) is 17.7 Å². The fourth-order valence-electron chi connectivity index (χ4n) is 3.34. The monoisotopic (exact) mass is 474 g/mol. The summed E-state index contributed by atoms with van der Waals surface area (Å²) in [4.78, 5) is 9.89. The lowest BCUT2D eigenvalue weighted by molar-refractivity contribution is 0.480. The molecule has 4 rings (SSSR count). The van der Waals surface area contributed by atoms with Crippen molar-refractivity contribution in [3.63, 3.8) is 0 Å². The summed E-state index contributed by atoms with van der Waals surface area (Å²) in [5.74, 6) is 1.99. The number of para-hydroxylation sites is 1. The molecule has 3 aromatic rings. The minimum absolute atomic E-state index is 0.307. The quantitative estimate of drug-likeness (QED) is 0.339. The number of nitrogens with zero attached hydrogens (tertiary/aromatic N) is 8. The van der Waals surface area contributed by atoms with Gasteiger partial charge in [-0.15, -0.1) is 20.4 Å². The Kier molecular flexibility index (Phi) is 6.93. The van der Waals surface area contributed by atoms with E-state index in [2.05, 4.69) is 43.7 Å². The van der Waals surface area contributed by atoms with Crippen molar-refractivity contribution in [2.45, 2.75) is 19.9 Å². The highest BCUT2D eigenvalue weighted by molar-refractivity contribution is 6.32. The molecule has 0 aliphatic carbocycles. The maximum Gasteiger partial charge on any atom is 0.249 e. The highest BCUT2D eigenvalue weighted by Gasteiger charge is 2.22. The van der Waals surface area contributed by atoms with Crippen molar-refractivity contribution in [3.05, 3.63) is 83.6 Å². The lowest BCUT2D eigenvalue weighted by Gasteiger charge is -2.19. The van der Waals surface area contributed by atoms with Crippen LogP contribution in [0.4, 0.5) is 5.95 Å². The Morgan fingerprint density at radius 3 is 2.79 bits per heavy atom. The van der Waals surface area contributed by atoms with Crippen molar-refractivity contribution in [2.75, 3.05) is 11.9 Å². The van der Waals surface area contributed by atoms with E-state index in [4.69, 9.17) is 16.0 Å². The second-order valence-corrected chi connectivity index (χ2v) is 7.80. The average Bonchev–Trinajstić information content (AvgIpc) is 3.48. The first-order valence-electron chi connectivity index (χ1n) is 10.5. The van der Waals surface area contributed by atoms with Gasteiger partial charge in [0.05, 0.1) is 22.8 Å². The standard InChI is InChI=1S/C24H23ClN8O/c1-5-17(12-13-26-3)22-29-31-24(33(22)20-9-7-6-8-19(20)25)32(4)15-21-28-30-23(34-21)18-11-10-16(2)27-14-18/h5-9,11-14H,2-3,10,15H2,1,4H3. The molecule has 2 aromatic heterocycles. The minimum atomic E-state index is 0.307. The molecule has 0 N–H and O–H groups in total. The van der Waals surface area contributed by atoms with Crippen LogP contribution in [0.3, 0.4) is 0 Å². The summed E-state index contributed by atoms with van der Waals surface area (Å²) >= 11 is 6.55. The number of hydrogen-bond acceptors (Lipinski definition) is 8. The Hall–Kier alpha value is -4.11. The van der Waals surface area contributed by atoms with Gasteiger partial charge in [-0.1, -0.05) is 42.5 Å². The van der Waals surface area contributed by atoms with Crippen molar-refractivity contribution in [1.82, 2.24) is 25.0 Å². The SMILES string of the molecule is C=NC=CC(=CC)c1nnc(N(C)Cc2nnc(C3=CCC(=C)N=C3)o2)n1-c1ccccc1Cl. The topological polar surface area (TPSA) is 97.6 Å². The molecule has 1 aromatic carbocycles. The van der Waals surface area contributed by atoms with Crippen LogP contribution in [0.25, 0.3) is 16.8 Å². The molecular formula is C24H23ClN8O. The molecule has 1 aliphatic heterocycles. The third-order valence-electron chi connectivity index (χ3n) is 5.04. The molecule has 3 heterocycles. The summed E-state index contributed by atoms with van der Waals surface area (Å²) in [6, 6.07) is 7.50. The van der Waals surface area contributed by atoms with Gasteiger partial charge in [0.25, 0.3) is 0 Å². The molecule has 172 valence electrons. The molecule has 0 amide bonds. The number of dihydropyridines is 1. The Morgan fingerprint density at radius 2 is 2.09 bits per heavy atom. The summed E-state index contributed by atoms with van der Waals surface area (Å²) in [7, 11) is 1.87. The smallest absolute Gasteiger partial charge is 0.249 e. The molecule has 0 unspecified atom stereocenters. The van der Waals surface area contributed by atoms with Gasteiger partial charge in [-0.05, 0) is 31.9 Å². The molecular weight excluding hydrogens is 452 g/mol. The largest absolute Gasteiger partial charge is 0.419 e. The normalized spacial score (nSPS) is 14.0. The predicted molar refractivity (Wildman–Crippen MR) is 135 cm³/mol. The van der Waals surface area contributed by atoms with Crippen molar-refractivity contribution >= 4 is 41.6 Å². The van der Waals surface area contributed by atoms with Gasteiger partial charge in [0.1, 0.15) is 0 Å². The van der Waals surface area contributed by atoms with E-state index < -0.39 is 0 Å². The highest BCUT2D eigenvalue weighted by Crippen LogP contribution is 2.30. The summed E-state index contributed by atoms with van der Waals surface area (Å²) in [5.41, 5.74) is 3.11. The van der Waals surface area contributed by atoms with Crippen LogP contribution in [0.2, 0.25) is 5.02 Å². The highest BCUT2D eigenvalue weighted by atomic mass is 35.5. The molecule has 0 atom stereocenters. The Labute approximate surface area is 202 Å². The van der Waals surface area contributed by atoms with Crippen LogP contribution in [0.15, 0.2) is 75.4 Å². The molecule has 1 aliphatic rings. The lowest BCUT2D eigenvalue weighted by atomic mass is 10.1. The predicted octanol–water partition coefficient (Wildman–Crippen LogP) is 4.93. The fourth-order valence-corrected chi connectivity index (χ4v) is 3.56. The summed E-state index contributed by atoms with van der Waals surface area (Å²) < 4.78 is 7.75. The molecule has 0 bridgehead atoms. The van der Waals surface area contributed by atoms with E-state index >= 15 is 0 Å². The van der Waals surface area contributed by atoms with E-state index in [0.29, 0.717) is 41.5 Å². The van der Waals surface area contributed by atoms with Crippen LogP contribution in [-0.2, 0) is 6.54 Å². The van der Waals surface area contributed by atoms with Crippen molar-refractivity contribution in [3.8, 4) is 5.69 Å². The molecule has 0 spiro atoms. The van der Waals surface area contributed by atoms with Crippen LogP contribution in [0.5, 0.6) is 0 Å². The number of aromatic nitrogens is 5. The van der Waals surface area contributed by atoms with E-state index in [1.165, 1.54) is 0 Å². The van der Waals surface area contributed by atoms with Crippen LogP contribution in [0.1, 0.15) is 31.0 Å². The molecule has 0 saturated carbocycles. The molecule has 0 radical (unpaired) electrons. The van der Waals surface area contributed by atoms with Gasteiger partial charge >= 0.3 is 0 Å². The first kappa shape index (κ1) is 23.1. The molecule has 0 fully saturated rings. The molecule has 9 nitrogen and oxygen atoms in total. The number of rotatable bonds is 8. The van der Waals surface area contributed by atoms with Crippen LogP contribution >= 0.6 is 11.6 Å². The zero-order valence-electron chi connectivity index (χ0n) is 18.9. The van der Waals surface area contributed by atoms with Gasteiger partial charge in [-0.25, -0.2) is 0 Å².